The number of hydrogen-bond acceptors (Lipinski definition) is 3. The quantitative estimate of drug-likeness (QED) is 0.884. The van der Waals surface area contributed by atoms with Crippen molar-refractivity contribution in [1.82, 2.24) is 15.2 Å². The lowest BCUT2D eigenvalue weighted by molar-refractivity contribution is 0.0941. The SMILES string of the molecule is CCN1CCC[C@@H]1CNC(=O)c1ccc2c(Cl)c3c(nc2c1)CCCC3. The van der Waals surface area contributed by atoms with Crippen LogP contribution >= 0.6 is 11.6 Å². The molecule has 0 saturated carbocycles. The van der Waals surface area contributed by atoms with Gasteiger partial charge in [0.25, 0.3) is 5.91 Å². The molecule has 1 aromatic carbocycles. The summed E-state index contributed by atoms with van der Waals surface area (Å²) >= 11 is 6.62. The van der Waals surface area contributed by atoms with Gasteiger partial charge in [-0.05, 0) is 69.3 Å². The Morgan fingerprint density at radius 2 is 2.15 bits per heavy atom. The molecule has 0 spiro atoms. The number of pyridine rings is 1. The molecule has 1 aliphatic heterocycles. The summed E-state index contributed by atoms with van der Waals surface area (Å²) in [7, 11) is 0. The number of carbonyl (C=O) groups excluding carboxylic acids is 1. The molecular weight excluding hydrogens is 346 g/mol. The Bertz CT molecular complexity index is 836. The molecule has 5 heteroatoms. The highest BCUT2D eigenvalue weighted by atomic mass is 35.5. The molecular formula is C21H26ClN3O. The van der Waals surface area contributed by atoms with Crippen molar-refractivity contribution in [3.8, 4) is 0 Å². The van der Waals surface area contributed by atoms with E-state index < -0.39 is 0 Å². The molecule has 2 aliphatic rings. The van der Waals surface area contributed by atoms with Crippen LogP contribution in [0.25, 0.3) is 10.9 Å². The van der Waals surface area contributed by atoms with Gasteiger partial charge in [-0.1, -0.05) is 24.6 Å². The third-order valence-electron chi connectivity index (χ3n) is 5.86. The van der Waals surface area contributed by atoms with Crippen LogP contribution in [0.15, 0.2) is 18.2 Å². The Hall–Kier alpha value is -1.65. The number of nitrogens with one attached hydrogen (secondary N) is 1. The summed E-state index contributed by atoms with van der Waals surface area (Å²) in [6.45, 7) is 5.08. The largest absolute Gasteiger partial charge is 0.350 e. The fourth-order valence-electron chi connectivity index (χ4n) is 4.36. The van der Waals surface area contributed by atoms with Gasteiger partial charge in [0, 0.05) is 29.2 Å². The molecule has 1 amide bonds. The standard InChI is InChI=1S/C21H26ClN3O/c1-2-25-11-5-6-15(25)13-23-21(26)14-9-10-17-19(12-14)24-18-8-4-3-7-16(18)20(17)22/h9-10,12,15H,2-8,11,13H2,1H3,(H,23,26)/t15-/m1/s1. The summed E-state index contributed by atoms with van der Waals surface area (Å²) in [6.07, 6.45) is 6.71. The summed E-state index contributed by atoms with van der Waals surface area (Å²) in [5.41, 5.74) is 3.80. The van der Waals surface area contributed by atoms with Crippen molar-refractivity contribution in [2.24, 2.45) is 0 Å². The minimum Gasteiger partial charge on any atom is -0.350 e. The van der Waals surface area contributed by atoms with Crippen molar-refractivity contribution in [1.29, 1.82) is 0 Å². The van der Waals surface area contributed by atoms with Crippen LogP contribution in [0.1, 0.15) is 54.2 Å². The van der Waals surface area contributed by atoms with E-state index in [0.717, 1.165) is 60.4 Å². The number of aryl methyl sites for hydroxylation is 1. The molecule has 0 radical (unpaired) electrons. The van der Waals surface area contributed by atoms with Crippen molar-refractivity contribution >= 4 is 28.4 Å². The predicted molar refractivity (Wildman–Crippen MR) is 106 cm³/mol. The monoisotopic (exact) mass is 371 g/mol. The van der Waals surface area contributed by atoms with Crippen LogP contribution in [-0.4, -0.2) is 41.5 Å². The van der Waals surface area contributed by atoms with E-state index in [1.54, 1.807) is 0 Å². The van der Waals surface area contributed by atoms with Gasteiger partial charge in [-0.2, -0.15) is 0 Å². The average molecular weight is 372 g/mol. The number of fused-ring (bicyclic) bond motifs is 2. The van der Waals surface area contributed by atoms with Crippen LogP contribution in [0.2, 0.25) is 5.02 Å². The van der Waals surface area contributed by atoms with E-state index in [1.807, 2.05) is 18.2 Å². The van der Waals surface area contributed by atoms with Gasteiger partial charge < -0.3 is 5.32 Å². The fraction of sp³-hybridized carbons (Fsp3) is 0.524. The number of benzene rings is 1. The first-order valence-corrected chi connectivity index (χ1v) is 10.2. The number of carbonyl (C=O) groups is 1. The summed E-state index contributed by atoms with van der Waals surface area (Å²) in [5, 5.41) is 4.88. The highest BCUT2D eigenvalue weighted by molar-refractivity contribution is 6.36. The van der Waals surface area contributed by atoms with Crippen LogP contribution < -0.4 is 5.32 Å². The number of hydrogen-bond donors (Lipinski definition) is 1. The lowest BCUT2D eigenvalue weighted by Gasteiger charge is -2.23. The molecule has 4 nitrogen and oxygen atoms in total. The van der Waals surface area contributed by atoms with Crippen molar-refractivity contribution in [3.63, 3.8) is 0 Å². The maximum absolute atomic E-state index is 12.6. The van der Waals surface area contributed by atoms with Crippen molar-refractivity contribution < 1.29 is 4.79 Å². The maximum Gasteiger partial charge on any atom is 0.251 e. The molecule has 2 aromatic rings. The zero-order valence-electron chi connectivity index (χ0n) is 15.4. The Morgan fingerprint density at radius 3 is 3.00 bits per heavy atom. The Labute approximate surface area is 159 Å². The molecule has 4 rings (SSSR count). The Morgan fingerprint density at radius 1 is 1.31 bits per heavy atom. The minimum atomic E-state index is -0.0227. The lowest BCUT2D eigenvalue weighted by Crippen LogP contribution is -2.40. The molecule has 2 heterocycles. The van der Waals surface area contributed by atoms with E-state index in [1.165, 1.54) is 18.4 Å². The summed E-state index contributed by atoms with van der Waals surface area (Å²) in [6, 6.07) is 6.16. The third-order valence-corrected chi connectivity index (χ3v) is 6.29. The average Bonchev–Trinajstić information content (AvgIpc) is 3.13. The molecule has 0 unspecified atom stereocenters. The van der Waals surface area contributed by atoms with Crippen LogP contribution in [0, 0.1) is 0 Å². The molecule has 1 aliphatic carbocycles. The molecule has 1 atom stereocenters. The first kappa shape index (κ1) is 17.7. The van der Waals surface area contributed by atoms with Gasteiger partial charge in [0.15, 0.2) is 0 Å². The van der Waals surface area contributed by atoms with E-state index in [9.17, 15) is 4.79 Å². The zero-order chi connectivity index (χ0) is 18.1. The number of likely N-dealkylation sites (N-methyl/N-ethyl adjacent to an activating group) is 1. The minimum absolute atomic E-state index is 0.0227. The molecule has 1 fully saturated rings. The first-order chi connectivity index (χ1) is 12.7. The highest BCUT2D eigenvalue weighted by Crippen LogP contribution is 2.33. The predicted octanol–water partition coefficient (Wildman–Crippen LogP) is 3.98. The second kappa shape index (κ2) is 7.53. The number of likely N-dealkylation sites (tertiary alicyclic amines) is 1. The van der Waals surface area contributed by atoms with E-state index in [4.69, 9.17) is 16.6 Å². The number of amides is 1. The highest BCUT2D eigenvalue weighted by Gasteiger charge is 2.23. The lowest BCUT2D eigenvalue weighted by atomic mass is 9.94. The smallest absolute Gasteiger partial charge is 0.251 e. The summed E-state index contributed by atoms with van der Waals surface area (Å²) in [4.78, 5) is 19.9. The van der Waals surface area contributed by atoms with E-state index in [2.05, 4.69) is 17.1 Å². The molecule has 1 saturated heterocycles. The Balaban J connectivity index is 1.54. The van der Waals surface area contributed by atoms with Crippen LogP contribution in [0.3, 0.4) is 0 Å². The van der Waals surface area contributed by atoms with E-state index in [-0.39, 0.29) is 5.91 Å². The maximum atomic E-state index is 12.6. The normalized spacial score (nSPS) is 20.3. The van der Waals surface area contributed by atoms with Gasteiger partial charge in [0.05, 0.1) is 10.5 Å². The first-order valence-electron chi connectivity index (χ1n) is 9.80. The van der Waals surface area contributed by atoms with Gasteiger partial charge >= 0.3 is 0 Å². The van der Waals surface area contributed by atoms with Gasteiger partial charge in [0.2, 0.25) is 0 Å². The fourth-order valence-corrected chi connectivity index (χ4v) is 4.73. The van der Waals surface area contributed by atoms with Gasteiger partial charge in [-0.3, -0.25) is 14.7 Å². The van der Waals surface area contributed by atoms with Crippen molar-refractivity contribution in [2.45, 2.75) is 51.5 Å². The van der Waals surface area contributed by atoms with Crippen LogP contribution in [0.4, 0.5) is 0 Å². The topological polar surface area (TPSA) is 45.2 Å². The summed E-state index contributed by atoms with van der Waals surface area (Å²) in [5.74, 6) is -0.0227. The molecule has 138 valence electrons. The van der Waals surface area contributed by atoms with E-state index >= 15 is 0 Å². The number of nitrogens with zero attached hydrogens (tertiary/aromatic N) is 2. The van der Waals surface area contributed by atoms with Crippen LogP contribution in [-0.2, 0) is 12.8 Å². The van der Waals surface area contributed by atoms with Gasteiger partial charge in [0.1, 0.15) is 0 Å². The molecule has 26 heavy (non-hydrogen) atoms. The number of aromatic nitrogens is 1. The van der Waals surface area contributed by atoms with Crippen molar-refractivity contribution in [3.05, 3.63) is 40.0 Å². The van der Waals surface area contributed by atoms with Crippen LogP contribution in [0.5, 0.6) is 0 Å². The zero-order valence-corrected chi connectivity index (χ0v) is 16.1. The van der Waals surface area contributed by atoms with Gasteiger partial charge in [-0.25, -0.2) is 0 Å². The second-order valence-corrected chi connectivity index (χ2v) is 7.80. The molecule has 1 aromatic heterocycles. The second-order valence-electron chi connectivity index (χ2n) is 7.42. The Kier molecular flexibility index (Phi) is 5.14. The van der Waals surface area contributed by atoms with Gasteiger partial charge in [-0.15, -0.1) is 0 Å². The van der Waals surface area contributed by atoms with E-state index in [0.29, 0.717) is 18.2 Å². The molecule has 1 N–H and O–H groups in total. The third kappa shape index (κ3) is 3.33. The molecule has 0 bridgehead atoms. The number of halogens is 1. The number of rotatable bonds is 4. The summed E-state index contributed by atoms with van der Waals surface area (Å²) < 4.78 is 0. The van der Waals surface area contributed by atoms with Crippen molar-refractivity contribution in [2.75, 3.05) is 19.6 Å².